The monoisotopic (exact) mass is 527 g/mol. The zero-order chi connectivity index (χ0) is 17.9. The molecule has 3 atom stereocenters. The fraction of sp³-hybridized carbons (Fsp3) is 0.471. The van der Waals surface area contributed by atoms with Gasteiger partial charge in [-0.05, 0) is 5.92 Å². The van der Waals surface area contributed by atoms with Crippen molar-refractivity contribution in [2.45, 2.75) is 33.1 Å². The van der Waals surface area contributed by atoms with Crippen LogP contribution in [0.5, 0.6) is 0 Å². The van der Waals surface area contributed by atoms with E-state index in [0.29, 0.717) is 28.1 Å². The molecule has 8 nitrogen and oxygen atoms in total. The van der Waals surface area contributed by atoms with Gasteiger partial charge in [0.05, 0.1) is 24.4 Å². The molecule has 4 N–H and O–H groups in total. The van der Waals surface area contributed by atoms with E-state index in [9.17, 15) is 9.90 Å². The smallest absolute Gasteiger partial charge is 0.273 e. The Morgan fingerprint density at radius 2 is 2.19 bits per heavy atom. The first-order valence-electron chi connectivity index (χ1n) is 8.25. The van der Waals surface area contributed by atoms with Crippen molar-refractivity contribution in [3.63, 3.8) is 0 Å². The number of aliphatic hydroxyl groups excluding tert-OH is 1. The quantitative estimate of drug-likeness (QED) is 0.547. The zero-order valence-corrected chi connectivity index (χ0v) is 17.7. The second-order valence-electron chi connectivity index (χ2n) is 7.27. The summed E-state index contributed by atoms with van der Waals surface area (Å²) in [4.78, 5) is 20.3. The van der Waals surface area contributed by atoms with Crippen LogP contribution in [0.25, 0.3) is 10.8 Å². The number of nitrogens with one attached hydrogen (secondary N) is 1. The average molecular weight is 527 g/mol. The van der Waals surface area contributed by atoms with Gasteiger partial charge in [0.15, 0.2) is 0 Å². The maximum atomic E-state index is 11.8. The molecule has 0 bridgehead atoms. The third-order valence-electron chi connectivity index (χ3n) is 5.55. The van der Waals surface area contributed by atoms with Gasteiger partial charge in [-0.2, -0.15) is 4.98 Å². The molecular formula is C17H21N5O3W. The van der Waals surface area contributed by atoms with Gasteiger partial charge in [-0.3, -0.25) is 4.79 Å². The summed E-state index contributed by atoms with van der Waals surface area (Å²) in [6.45, 7) is 6.26. The first-order chi connectivity index (χ1) is 11.8. The zero-order valence-electron chi connectivity index (χ0n) is 14.8. The molecule has 0 amide bonds. The minimum absolute atomic E-state index is 0. The number of nitrogen functional groups attached to an aromatic ring is 1. The van der Waals surface area contributed by atoms with Crippen LogP contribution in [0.15, 0.2) is 22.1 Å². The summed E-state index contributed by atoms with van der Waals surface area (Å²) in [6.07, 6.45) is 2.79. The molecular weight excluding hydrogens is 506 g/mol. The van der Waals surface area contributed by atoms with Crippen molar-refractivity contribution in [1.29, 1.82) is 0 Å². The first kappa shape index (κ1) is 19.0. The van der Waals surface area contributed by atoms with Crippen molar-refractivity contribution in [2.24, 2.45) is 16.3 Å². The van der Waals surface area contributed by atoms with E-state index >= 15 is 0 Å². The van der Waals surface area contributed by atoms with Gasteiger partial charge in [-0.1, -0.05) is 20.8 Å². The number of ether oxygens (including phenoxy) is 1. The van der Waals surface area contributed by atoms with E-state index in [2.05, 4.69) is 36.1 Å². The van der Waals surface area contributed by atoms with Crippen molar-refractivity contribution in [3.05, 3.63) is 22.6 Å². The summed E-state index contributed by atoms with van der Waals surface area (Å²) in [6, 6.07) is 1.31. The molecule has 1 fully saturated rings. The van der Waals surface area contributed by atoms with Crippen LogP contribution in [0.3, 0.4) is 0 Å². The maximum absolute atomic E-state index is 11.8. The van der Waals surface area contributed by atoms with E-state index in [1.165, 1.54) is 12.4 Å². The number of aromatic nitrogens is 2. The van der Waals surface area contributed by atoms with Crippen LogP contribution in [-0.4, -0.2) is 33.7 Å². The first-order valence-corrected chi connectivity index (χ1v) is 8.25. The molecule has 0 aromatic carbocycles. The number of nitrogens with two attached hydrogens (primary N) is 1. The summed E-state index contributed by atoms with van der Waals surface area (Å²) in [5, 5.41) is 13.9. The second-order valence-corrected chi connectivity index (χ2v) is 7.27. The average Bonchev–Trinajstić information content (AvgIpc) is 3.00. The fourth-order valence-corrected chi connectivity index (χ4v) is 3.73. The summed E-state index contributed by atoms with van der Waals surface area (Å²) in [7, 11) is 0. The minimum Gasteiger partial charge on any atom is -0.398 e. The van der Waals surface area contributed by atoms with E-state index in [0.717, 1.165) is 0 Å². The molecule has 26 heavy (non-hydrogen) atoms. The molecule has 0 unspecified atom stereocenters. The Bertz CT molecular complexity index is 956. The van der Waals surface area contributed by atoms with Gasteiger partial charge in [-0.25, -0.2) is 4.99 Å². The van der Waals surface area contributed by atoms with Gasteiger partial charge in [0, 0.05) is 49.8 Å². The van der Waals surface area contributed by atoms with E-state index in [4.69, 9.17) is 10.5 Å². The predicted molar refractivity (Wildman–Crippen MR) is 96.1 cm³/mol. The van der Waals surface area contributed by atoms with Gasteiger partial charge in [0.25, 0.3) is 5.56 Å². The molecule has 0 aliphatic carbocycles. The molecule has 138 valence electrons. The van der Waals surface area contributed by atoms with E-state index in [1.54, 1.807) is 0 Å². The number of anilines is 2. The number of rotatable bonds is 2. The van der Waals surface area contributed by atoms with Crippen LogP contribution in [-0.2, 0) is 25.8 Å². The Hall–Kier alpha value is -1.76. The summed E-state index contributed by atoms with van der Waals surface area (Å²) in [5.41, 5.74) is 5.81. The second kappa shape index (κ2) is 6.44. The Morgan fingerprint density at radius 1 is 1.46 bits per heavy atom. The number of nitrogens with zero attached hydrogens (tertiary/aromatic N) is 3. The normalized spacial score (nSPS) is 25.8. The van der Waals surface area contributed by atoms with Gasteiger partial charge in [0.1, 0.15) is 17.9 Å². The molecule has 2 aromatic heterocycles. The molecule has 2 aliphatic heterocycles. The van der Waals surface area contributed by atoms with Gasteiger partial charge >= 0.3 is 0 Å². The minimum atomic E-state index is -0.407. The third kappa shape index (κ3) is 2.59. The molecule has 9 heteroatoms. The van der Waals surface area contributed by atoms with Crippen LogP contribution in [0, 0.1) is 11.3 Å². The molecule has 2 aliphatic rings. The van der Waals surface area contributed by atoms with Gasteiger partial charge < -0.3 is 25.5 Å². The third-order valence-corrected chi connectivity index (χ3v) is 5.55. The predicted octanol–water partition coefficient (Wildman–Crippen LogP) is 1.61. The number of aliphatic imine (C=N–C) groups is 1. The largest absolute Gasteiger partial charge is 0.398 e. The van der Waals surface area contributed by atoms with Crippen LogP contribution in [0.2, 0.25) is 0 Å². The molecule has 4 rings (SSSR count). The summed E-state index contributed by atoms with van der Waals surface area (Å²) in [5.74, 6) is 1.23. The fourth-order valence-electron chi connectivity index (χ4n) is 3.73. The molecule has 2 aromatic rings. The van der Waals surface area contributed by atoms with Crippen molar-refractivity contribution in [1.82, 2.24) is 9.55 Å². The maximum Gasteiger partial charge on any atom is 0.273 e. The van der Waals surface area contributed by atoms with Crippen LogP contribution in [0.1, 0.15) is 27.0 Å². The van der Waals surface area contributed by atoms with Crippen LogP contribution in [0.4, 0.5) is 17.3 Å². The van der Waals surface area contributed by atoms with Crippen molar-refractivity contribution >= 4 is 34.4 Å². The topological polar surface area (TPSA) is 115 Å². The Kier molecular flexibility index (Phi) is 4.71. The Morgan fingerprint density at radius 3 is 2.85 bits per heavy atom. The molecule has 4 heterocycles. The number of aliphatic hydroxyl groups is 1. The summed E-state index contributed by atoms with van der Waals surface area (Å²) >= 11 is 0. The Balaban J connectivity index is 0.00000196. The molecule has 0 spiro atoms. The van der Waals surface area contributed by atoms with Crippen molar-refractivity contribution in [3.8, 4) is 0 Å². The number of hydrogen-bond donors (Lipinski definition) is 3. The SMILES string of the molecule is C[C@@H]1[C@@H](CO)O[C@@H](n2cc3c(N)cc(=O)nc4c3c2N=CN4)C1(C)C.[W]. The van der Waals surface area contributed by atoms with Gasteiger partial charge in [0.2, 0.25) is 0 Å². The molecule has 0 saturated carbocycles. The Labute approximate surface area is 164 Å². The summed E-state index contributed by atoms with van der Waals surface area (Å²) < 4.78 is 8.07. The molecule has 1 saturated heterocycles. The van der Waals surface area contributed by atoms with Crippen molar-refractivity contribution < 1.29 is 30.9 Å². The van der Waals surface area contributed by atoms with E-state index in [-0.39, 0.29) is 51.3 Å². The van der Waals surface area contributed by atoms with Crippen molar-refractivity contribution in [2.75, 3.05) is 17.7 Å². The van der Waals surface area contributed by atoms with Crippen LogP contribution >= 0.6 is 0 Å². The van der Waals surface area contributed by atoms with Crippen LogP contribution < -0.4 is 16.6 Å². The van der Waals surface area contributed by atoms with Gasteiger partial charge in [-0.15, -0.1) is 0 Å². The molecule has 0 radical (unpaired) electrons. The van der Waals surface area contributed by atoms with E-state index in [1.807, 2.05) is 10.8 Å². The number of hydrogen-bond acceptors (Lipinski definition) is 7. The van der Waals surface area contributed by atoms with E-state index < -0.39 is 5.56 Å². The standard InChI is InChI=1S/C17H21N5O3.W/c1-8-11(6-23)25-16(17(8,2)3)22-5-9-10(18)4-12(24)21-14-13(9)15(22)20-7-19-14;/h4-5,7-8,11,16,23H,6,18H2,1-3H3,(H,19,20,21,24);/t8-,11-,16-;/m1./s1.